The normalized spacial score (nSPS) is 33.6. The average molecular weight is 308 g/mol. The third-order valence-electron chi connectivity index (χ3n) is 4.97. The van der Waals surface area contributed by atoms with Gasteiger partial charge in [-0.15, -0.1) is 0 Å². The van der Waals surface area contributed by atoms with E-state index in [2.05, 4.69) is 27.4 Å². The van der Waals surface area contributed by atoms with Crippen molar-refractivity contribution in [3.05, 3.63) is 23.5 Å². The zero-order chi connectivity index (χ0) is 16.5. The van der Waals surface area contributed by atoms with Crippen molar-refractivity contribution in [2.75, 3.05) is 7.11 Å². The summed E-state index contributed by atoms with van der Waals surface area (Å²) in [5.74, 6) is -0.118. The standard InChI is InChI=1S/C18H28O4/c1-7-15-11(2)8-9-18(21-15)13(4)10-12(3)16(22-18)14(5)17(19)20-6/h12,14,16H,4,7-10H2,1-3,5-6H3/t12-,14+,16-,18+/m0/s1. The van der Waals surface area contributed by atoms with Gasteiger partial charge in [-0.2, -0.15) is 0 Å². The van der Waals surface area contributed by atoms with Crippen molar-refractivity contribution >= 4 is 5.97 Å². The van der Waals surface area contributed by atoms with Crippen molar-refractivity contribution in [2.45, 2.75) is 65.3 Å². The highest BCUT2D eigenvalue weighted by Gasteiger charge is 2.49. The number of rotatable bonds is 3. The Bertz CT molecular complexity index is 493. The molecule has 2 heterocycles. The topological polar surface area (TPSA) is 44.8 Å². The van der Waals surface area contributed by atoms with Crippen LogP contribution in [0.4, 0.5) is 0 Å². The van der Waals surface area contributed by atoms with Crippen LogP contribution < -0.4 is 0 Å². The SMILES string of the molecule is C=C1C[C@H](C)[C@@H]([C@@H](C)C(=O)OC)O[C@]12CCC(C)=C(CC)O2. The minimum atomic E-state index is -0.774. The van der Waals surface area contributed by atoms with E-state index in [9.17, 15) is 4.79 Å². The van der Waals surface area contributed by atoms with Crippen LogP contribution in [-0.2, 0) is 19.0 Å². The molecule has 22 heavy (non-hydrogen) atoms. The molecule has 2 aliphatic rings. The first kappa shape index (κ1) is 17.1. The molecule has 0 aromatic rings. The lowest BCUT2D eigenvalue weighted by Gasteiger charge is -2.48. The quantitative estimate of drug-likeness (QED) is 0.584. The lowest BCUT2D eigenvalue weighted by Crippen LogP contribution is -2.52. The number of hydrogen-bond acceptors (Lipinski definition) is 4. The van der Waals surface area contributed by atoms with Crippen LogP contribution in [0.25, 0.3) is 0 Å². The Labute approximate surface area is 133 Å². The van der Waals surface area contributed by atoms with Crippen molar-refractivity contribution in [3.63, 3.8) is 0 Å². The fraction of sp³-hybridized carbons (Fsp3) is 0.722. The number of methoxy groups -OCH3 is 1. The van der Waals surface area contributed by atoms with Crippen LogP contribution in [0.5, 0.6) is 0 Å². The number of carbonyl (C=O) groups excluding carboxylic acids is 1. The maximum atomic E-state index is 11.9. The molecule has 1 saturated heterocycles. The molecule has 0 radical (unpaired) electrons. The van der Waals surface area contributed by atoms with Gasteiger partial charge < -0.3 is 14.2 Å². The van der Waals surface area contributed by atoms with Gasteiger partial charge in [-0.1, -0.05) is 20.4 Å². The number of hydrogen-bond donors (Lipinski definition) is 0. The van der Waals surface area contributed by atoms with Crippen LogP contribution in [-0.4, -0.2) is 25.0 Å². The molecule has 0 amide bonds. The first-order valence-electron chi connectivity index (χ1n) is 8.16. The molecular formula is C18H28O4. The maximum absolute atomic E-state index is 11.9. The lowest BCUT2D eigenvalue weighted by molar-refractivity contribution is -0.261. The Hall–Kier alpha value is -1.29. The number of allylic oxidation sites excluding steroid dienone is 2. The van der Waals surface area contributed by atoms with Gasteiger partial charge in [-0.3, -0.25) is 4.79 Å². The van der Waals surface area contributed by atoms with E-state index >= 15 is 0 Å². The molecule has 0 aromatic carbocycles. The fourth-order valence-electron chi connectivity index (χ4n) is 3.53. The molecule has 0 unspecified atom stereocenters. The molecule has 0 bridgehead atoms. The molecule has 124 valence electrons. The van der Waals surface area contributed by atoms with Gasteiger partial charge in [0.25, 0.3) is 0 Å². The second-order valence-electron chi connectivity index (χ2n) is 6.59. The fourth-order valence-corrected chi connectivity index (χ4v) is 3.53. The lowest BCUT2D eigenvalue weighted by atomic mass is 9.80. The Kier molecular flexibility index (Phi) is 5.00. The molecule has 0 N–H and O–H groups in total. The summed E-state index contributed by atoms with van der Waals surface area (Å²) in [6.07, 6.45) is 3.14. The van der Waals surface area contributed by atoms with Crippen molar-refractivity contribution in [1.29, 1.82) is 0 Å². The molecule has 0 aromatic heterocycles. The van der Waals surface area contributed by atoms with E-state index in [0.29, 0.717) is 0 Å². The number of ether oxygens (including phenoxy) is 3. The summed E-state index contributed by atoms with van der Waals surface area (Å²) in [6, 6.07) is 0. The van der Waals surface area contributed by atoms with Crippen LogP contribution in [0.1, 0.15) is 53.4 Å². The van der Waals surface area contributed by atoms with Crippen LogP contribution in [0.2, 0.25) is 0 Å². The van der Waals surface area contributed by atoms with Gasteiger partial charge in [0.1, 0.15) is 0 Å². The van der Waals surface area contributed by atoms with E-state index in [-0.39, 0.29) is 23.9 Å². The van der Waals surface area contributed by atoms with E-state index in [1.54, 1.807) is 0 Å². The minimum Gasteiger partial charge on any atom is -0.469 e. The van der Waals surface area contributed by atoms with Crippen LogP contribution >= 0.6 is 0 Å². The monoisotopic (exact) mass is 308 g/mol. The number of carbonyl (C=O) groups is 1. The Morgan fingerprint density at radius 1 is 1.55 bits per heavy atom. The maximum Gasteiger partial charge on any atom is 0.311 e. The second kappa shape index (κ2) is 6.45. The zero-order valence-corrected chi connectivity index (χ0v) is 14.4. The van der Waals surface area contributed by atoms with E-state index < -0.39 is 5.79 Å². The van der Waals surface area contributed by atoms with Gasteiger partial charge in [0.15, 0.2) is 0 Å². The van der Waals surface area contributed by atoms with Crippen molar-refractivity contribution in [1.82, 2.24) is 0 Å². The third kappa shape index (κ3) is 2.94. The second-order valence-corrected chi connectivity index (χ2v) is 6.59. The van der Waals surface area contributed by atoms with Crippen molar-refractivity contribution in [3.8, 4) is 0 Å². The summed E-state index contributed by atoms with van der Waals surface area (Å²) in [6.45, 7) is 12.3. The molecule has 0 saturated carbocycles. The van der Waals surface area contributed by atoms with E-state index in [0.717, 1.165) is 37.0 Å². The largest absolute Gasteiger partial charge is 0.469 e. The molecular weight excluding hydrogens is 280 g/mol. The molecule has 0 aliphatic carbocycles. The first-order chi connectivity index (χ1) is 10.3. The molecule has 1 spiro atoms. The highest BCUT2D eigenvalue weighted by molar-refractivity contribution is 5.72. The summed E-state index contributed by atoms with van der Waals surface area (Å²) in [5.41, 5.74) is 2.26. The summed E-state index contributed by atoms with van der Waals surface area (Å²) in [4.78, 5) is 11.9. The van der Waals surface area contributed by atoms with E-state index in [4.69, 9.17) is 14.2 Å². The van der Waals surface area contributed by atoms with Gasteiger partial charge in [0.2, 0.25) is 5.79 Å². The van der Waals surface area contributed by atoms with Crippen LogP contribution in [0.3, 0.4) is 0 Å². The summed E-state index contributed by atoms with van der Waals surface area (Å²) in [7, 11) is 1.42. The van der Waals surface area contributed by atoms with E-state index in [1.807, 2.05) is 6.92 Å². The van der Waals surface area contributed by atoms with Gasteiger partial charge in [-0.05, 0) is 43.8 Å². The molecule has 4 nitrogen and oxygen atoms in total. The van der Waals surface area contributed by atoms with Crippen LogP contribution in [0.15, 0.2) is 23.5 Å². The molecule has 2 aliphatic heterocycles. The predicted molar refractivity (Wildman–Crippen MR) is 85.0 cm³/mol. The highest BCUT2D eigenvalue weighted by Crippen LogP contribution is 2.46. The predicted octanol–water partition coefficient (Wildman–Crippen LogP) is 3.97. The Morgan fingerprint density at radius 3 is 2.82 bits per heavy atom. The molecule has 2 rings (SSSR count). The minimum absolute atomic E-state index is 0.213. The summed E-state index contributed by atoms with van der Waals surface area (Å²) in [5, 5.41) is 0. The van der Waals surface area contributed by atoms with E-state index in [1.165, 1.54) is 12.7 Å². The third-order valence-corrected chi connectivity index (χ3v) is 4.97. The summed E-state index contributed by atoms with van der Waals surface area (Å²) < 4.78 is 17.5. The molecule has 4 atom stereocenters. The van der Waals surface area contributed by atoms with Gasteiger partial charge in [0.05, 0.1) is 24.9 Å². The highest BCUT2D eigenvalue weighted by atomic mass is 16.7. The van der Waals surface area contributed by atoms with Gasteiger partial charge in [0, 0.05) is 12.8 Å². The first-order valence-corrected chi connectivity index (χ1v) is 8.16. The Balaban J connectivity index is 2.26. The average Bonchev–Trinajstić information content (AvgIpc) is 2.51. The number of esters is 1. The molecule has 4 heteroatoms. The zero-order valence-electron chi connectivity index (χ0n) is 14.4. The van der Waals surface area contributed by atoms with Gasteiger partial charge >= 0.3 is 5.97 Å². The van der Waals surface area contributed by atoms with Gasteiger partial charge in [-0.25, -0.2) is 0 Å². The van der Waals surface area contributed by atoms with Crippen molar-refractivity contribution in [2.24, 2.45) is 11.8 Å². The van der Waals surface area contributed by atoms with Crippen LogP contribution in [0, 0.1) is 11.8 Å². The summed E-state index contributed by atoms with van der Waals surface area (Å²) >= 11 is 0. The molecule has 1 fully saturated rings. The smallest absolute Gasteiger partial charge is 0.311 e. The Morgan fingerprint density at radius 2 is 2.23 bits per heavy atom. The van der Waals surface area contributed by atoms with Crippen molar-refractivity contribution < 1.29 is 19.0 Å².